The highest BCUT2D eigenvalue weighted by Gasteiger charge is 2.19. The van der Waals surface area contributed by atoms with Gasteiger partial charge in [-0.2, -0.15) is 0 Å². The van der Waals surface area contributed by atoms with Gasteiger partial charge in [-0.25, -0.2) is 0 Å². The number of rotatable bonds is 3. The lowest BCUT2D eigenvalue weighted by Crippen LogP contribution is -2.30. The van der Waals surface area contributed by atoms with Crippen LogP contribution in [-0.4, -0.2) is 19.0 Å². The Kier molecular flexibility index (Phi) is 5.23. The minimum Gasteiger partial charge on any atom is -0.369 e. The third-order valence-corrected chi connectivity index (χ3v) is 4.79. The zero-order valence-corrected chi connectivity index (χ0v) is 15.0. The SMILES string of the molecule is O=C(Nc1cccc(Cl)c1N1CCCCC1)c1cccc(Br)c1. The molecule has 1 saturated heterocycles. The lowest BCUT2D eigenvalue weighted by Gasteiger charge is -2.31. The predicted molar refractivity (Wildman–Crippen MR) is 99.6 cm³/mol. The summed E-state index contributed by atoms with van der Waals surface area (Å²) in [6.45, 7) is 1.95. The molecular weight excluding hydrogens is 376 g/mol. The van der Waals surface area contributed by atoms with Gasteiger partial charge in [0.1, 0.15) is 0 Å². The number of carbonyl (C=O) groups excluding carboxylic acids is 1. The van der Waals surface area contributed by atoms with Crippen LogP contribution >= 0.6 is 27.5 Å². The molecule has 2 aromatic rings. The van der Waals surface area contributed by atoms with Gasteiger partial charge in [-0.1, -0.05) is 39.7 Å². The third-order valence-electron chi connectivity index (χ3n) is 3.99. The Hall–Kier alpha value is -1.52. The van der Waals surface area contributed by atoms with Crippen LogP contribution in [0.15, 0.2) is 46.9 Å². The van der Waals surface area contributed by atoms with Gasteiger partial charge in [0.15, 0.2) is 0 Å². The molecule has 3 rings (SSSR count). The number of hydrogen-bond donors (Lipinski definition) is 1. The van der Waals surface area contributed by atoms with Crippen molar-refractivity contribution in [1.29, 1.82) is 0 Å². The molecule has 0 radical (unpaired) electrons. The fourth-order valence-electron chi connectivity index (χ4n) is 2.88. The van der Waals surface area contributed by atoms with E-state index in [1.54, 1.807) is 12.1 Å². The van der Waals surface area contributed by atoms with E-state index in [4.69, 9.17) is 11.6 Å². The van der Waals surface area contributed by atoms with Gasteiger partial charge < -0.3 is 10.2 Å². The first-order valence-electron chi connectivity index (χ1n) is 7.75. The summed E-state index contributed by atoms with van der Waals surface area (Å²) in [4.78, 5) is 14.8. The molecule has 1 N–H and O–H groups in total. The van der Waals surface area contributed by atoms with Gasteiger partial charge in [0.2, 0.25) is 0 Å². The molecule has 1 aliphatic rings. The van der Waals surface area contributed by atoms with Crippen LogP contribution in [0.3, 0.4) is 0 Å². The van der Waals surface area contributed by atoms with Crippen molar-refractivity contribution in [2.45, 2.75) is 19.3 Å². The van der Waals surface area contributed by atoms with E-state index in [0.29, 0.717) is 10.6 Å². The van der Waals surface area contributed by atoms with Gasteiger partial charge in [0, 0.05) is 23.1 Å². The maximum Gasteiger partial charge on any atom is 0.255 e. The summed E-state index contributed by atoms with van der Waals surface area (Å²) in [5.41, 5.74) is 2.31. The van der Waals surface area contributed by atoms with Gasteiger partial charge in [0.25, 0.3) is 5.91 Å². The van der Waals surface area contributed by atoms with Gasteiger partial charge in [-0.15, -0.1) is 0 Å². The summed E-state index contributed by atoms with van der Waals surface area (Å²) in [6.07, 6.45) is 3.56. The van der Waals surface area contributed by atoms with E-state index in [0.717, 1.165) is 41.8 Å². The average Bonchev–Trinajstić information content (AvgIpc) is 2.56. The van der Waals surface area contributed by atoms with Crippen molar-refractivity contribution in [1.82, 2.24) is 0 Å². The van der Waals surface area contributed by atoms with Gasteiger partial charge in [-0.05, 0) is 49.6 Å². The minimum atomic E-state index is -0.133. The van der Waals surface area contributed by atoms with Crippen molar-refractivity contribution in [3.8, 4) is 0 Å². The van der Waals surface area contributed by atoms with Crippen molar-refractivity contribution in [3.05, 3.63) is 57.5 Å². The number of nitrogens with one attached hydrogen (secondary N) is 1. The molecule has 0 saturated carbocycles. The number of amides is 1. The Morgan fingerprint density at radius 3 is 2.57 bits per heavy atom. The number of piperidine rings is 1. The zero-order chi connectivity index (χ0) is 16.2. The van der Waals surface area contributed by atoms with Crippen LogP contribution in [0, 0.1) is 0 Å². The maximum absolute atomic E-state index is 12.5. The standard InChI is InChI=1S/C18H18BrClN2O/c19-14-7-4-6-13(12-14)18(23)21-16-9-5-8-15(20)17(16)22-10-2-1-3-11-22/h4-9,12H,1-3,10-11H2,(H,21,23). The fraction of sp³-hybridized carbons (Fsp3) is 0.278. The summed E-state index contributed by atoms with van der Waals surface area (Å²) >= 11 is 9.81. The summed E-state index contributed by atoms with van der Waals surface area (Å²) in [7, 11) is 0. The molecule has 120 valence electrons. The average molecular weight is 394 g/mol. The number of benzene rings is 2. The molecular formula is C18H18BrClN2O. The largest absolute Gasteiger partial charge is 0.369 e. The van der Waals surface area contributed by atoms with Crippen molar-refractivity contribution >= 4 is 44.8 Å². The predicted octanol–water partition coefficient (Wildman–Crippen LogP) is 5.35. The third kappa shape index (κ3) is 3.88. The molecule has 3 nitrogen and oxygen atoms in total. The normalized spacial score (nSPS) is 14.6. The second-order valence-corrected chi connectivity index (χ2v) is 6.97. The Labute approximate surface area is 149 Å². The quantitative estimate of drug-likeness (QED) is 0.763. The molecule has 0 atom stereocenters. The van der Waals surface area contributed by atoms with Crippen LogP contribution in [0.5, 0.6) is 0 Å². The smallest absolute Gasteiger partial charge is 0.255 e. The van der Waals surface area contributed by atoms with Gasteiger partial charge >= 0.3 is 0 Å². The Balaban J connectivity index is 1.87. The van der Waals surface area contributed by atoms with Crippen LogP contribution in [0.25, 0.3) is 0 Å². The van der Waals surface area contributed by atoms with Crippen LogP contribution in [0.1, 0.15) is 29.6 Å². The number of para-hydroxylation sites is 1. The van der Waals surface area contributed by atoms with Crippen LogP contribution in [0.2, 0.25) is 5.02 Å². The molecule has 1 aliphatic heterocycles. The number of nitrogens with zero attached hydrogens (tertiary/aromatic N) is 1. The second-order valence-electron chi connectivity index (χ2n) is 5.65. The molecule has 1 heterocycles. The summed E-state index contributed by atoms with van der Waals surface area (Å²) in [5.74, 6) is -0.133. The Morgan fingerprint density at radius 2 is 1.83 bits per heavy atom. The molecule has 0 aliphatic carbocycles. The first kappa shape index (κ1) is 16.3. The molecule has 2 aromatic carbocycles. The lowest BCUT2D eigenvalue weighted by atomic mass is 10.1. The molecule has 1 fully saturated rings. The van der Waals surface area contributed by atoms with Crippen molar-refractivity contribution < 1.29 is 4.79 Å². The topological polar surface area (TPSA) is 32.3 Å². The molecule has 5 heteroatoms. The second kappa shape index (κ2) is 7.37. The molecule has 0 spiro atoms. The van der Waals surface area contributed by atoms with E-state index >= 15 is 0 Å². The Bertz CT molecular complexity index is 714. The zero-order valence-electron chi connectivity index (χ0n) is 12.7. The van der Waals surface area contributed by atoms with Gasteiger partial charge in [0.05, 0.1) is 16.4 Å². The van der Waals surface area contributed by atoms with E-state index in [2.05, 4.69) is 26.1 Å². The van der Waals surface area contributed by atoms with Crippen molar-refractivity contribution in [2.24, 2.45) is 0 Å². The highest BCUT2D eigenvalue weighted by Crippen LogP contribution is 2.35. The lowest BCUT2D eigenvalue weighted by molar-refractivity contribution is 0.102. The van der Waals surface area contributed by atoms with Gasteiger partial charge in [-0.3, -0.25) is 4.79 Å². The molecule has 23 heavy (non-hydrogen) atoms. The van der Waals surface area contributed by atoms with Crippen molar-refractivity contribution in [3.63, 3.8) is 0 Å². The number of anilines is 2. The van der Waals surface area contributed by atoms with E-state index in [1.165, 1.54) is 6.42 Å². The van der Waals surface area contributed by atoms with E-state index < -0.39 is 0 Å². The van der Waals surface area contributed by atoms with E-state index in [1.807, 2.05) is 30.3 Å². The summed E-state index contributed by atoms with van der Waals surface area (Å²) < 4.78 is 0.882. The summed E-state index contributed by atoms with van der Waals surface area (Å²) in [5, 5.41) is 3.69. The molecule has 0 unspecified atom stereocenters. The first-order chi connectivity index (χ1) is 11.1. The fourth-order valence-corrected chi connectivity index (χ4v) is 3.57. The van der Waals surface area contributed by atoms with E-state index in [-0.39, 0.29) is 5.91 Å². The first-order valence-corrected chi connectivity index (χ1v) is 8.92. The number of hydrogen-bond acceptors (Lipinski definition) is 2. The monoisotopic (exact) mass is 392 g/mol. The molecule has 0 aromatic heterocycles. The Morgan fingerprint density at radius 1 is 1.09 bits per heavy atom. The summed E-state index contributed by atoms with van der Waals surface area (Å²) in [6, 6.07) is 13.0. The molecule has 0 bridgehead atoms. The van der Waals surface area contributed by atoms with Crippen LogP contribution in [-0.2, 0) is 0 Å². The minimum absolute atomic E-state index is 0.133. The number of carbonyl (C=O) groups is 1. The molecule has 1 amide bonds. The van der Waals surface area contributed by atoms with Crippen LogP contribution < -0.4 is 10.2 Å². The van der Waals surface area contributed by atoms with E-state index in [9.17, 15) is 4.79 Å². The highest BCUT2D eigenvalue weighted by atomic mass is 79.9. The van der Waals surface area contributed by atoms with Crippen molar-refractivity contribution in [2.75, 3.05) is 23.3 Å². The number of halogens is 2. The maximum atomic E-state index is 12.5. The highest BCUT2D eigenvalue weighted by molar-refractivity contribution is 9.10. The van der Waals surface area contributed by atoms with Crippen LogP contribution in [0.4, 0.5) is 11.4 Å².